The molecule has 0 bridgehead atoms. The Morgan fingerprint density at radius 3 is 2.44 bits per heavy atom. The zero-order valence-corrected chi connectivity index (χ0v) is 16.6. The average molecular weight is 389 g/mol. The lowest BCUT2D eigenvalue weighted by molar-refractivity contribution is -0.115. The van der Waals surface area contributed by atoms with Gasteiger partial charge in [0.05, 0.1) is 32.1 Å². The van der Waals surface area contributed by atoms with Crippen LogP contribution in [0.3, 0.4) is 0 Å². The summed E-state index contributed by atoms with van der Waals surface area (Å²) >= 11 is 1.48. The molecule has 0 radical (unpaired) electrons. The van der Waals surface area contributed by atoms with Crippen molar-refractivity contribution >= 4 is 29.3 Å². The molecule has 1 amide bonds. The third-order valence-corrected chi connectivity index (χ3v) is 5.08. The molecule has 27 heavy (non-hydrogen) atoms. The molecule has 0 aromatic heterocycles. The number of thioether (sulfide) groups is 1. The first-order valence-corrected chi connectivity index (χ1v) is 9.35. The van der Waals surface area contributed by atoms with Crippen molar-refractivity contribution in [3.8, 4) is 11.5 Å². The van der Waals surface area contributed by atoms with Crippen molar-refractivity contribution < 1.29 is 23.8 Å². The van der Waals surface area contributed by atoms with Crippen molar-refractivity contribution in [1.29, 1.82) is 0 Å². The van der Waals surface area contributed by atoms with Crippen LogP contribution in [0, 0.1) is 0 Å². The van der Waals surface area contributed by atoms with Crippen LogP contribution >= 0.6 is 11.8 Å². The predicted octanol–water partition coefficient (Wildman–Crippen LogP) is 3.75. The zero-order valence-electron chi connectivity index (χ0n) is 15.8. The van der Waals surface area contributed by atoms with Crippen LogP contribution in [0.15, 0.2) is 42.5 Å². The molecule has 0 heterocycles. The minimum atomic E-state index is -0.374. The Morgan fingerprint density at radius 1 is 1.04 bits per heavy atom. The minimum Gasteiger partial charge on any atom is -0.493 e. The second kappa shape index (κ2) is 9.87. The maximum atomic E-state index is 12.4. The Morgan fingerprint density at radius 2 is 1.78 bits per heavy atom. The average Bonchev–Trinajstić information content (AvgIpc) is 2.71. The van der Waals surface area contributed by atoms with Crippen LogP contribution in [0.25, 0.3) is 0 Å². The van der Waals surface area contributed by atoms with Crippen molar-refractivity contribution in [3.63, 3.8) is 0 Å². The lowest BCUT2D eigenvalue weighted by Gasteiger charge is -2.14. The first kappa shape index (κ1) is 20.6. The molecule has 2 aromatic carbocycles. The van der Waals surface area contributed by atoms with Gasteiger partial charge in [0, 0.05) is 17.5 Å². The highest BCUT2D eigenvalue weighted by molar-refractivity contribution is 7.99. The fourth-order valence-corrected chi connectivity index (χ4v) is 3.19. The van der Waals surface area contributed by atoms with Gasteiger partial charge in [0.1, 0.15) is 0 Å². The Kier molecular flexibility index (Phi) is 7.55. The first-order chi connectivity index (χ1) is 13.0. The molecule has 0 aliphatic rings. The van der Waals surface area contributed by atoms with Crippen LogP contribution < -0.4 is 14.8 Å². The van der Waals surface area contributed by atoms with Gasteiger partial charge in [0.2, 0.25) is 5.91 Å². The zero-order chi connectivity index (χ0) is 19.8. The van der Waals surface area contributed by atoms with E-state index in [4.69, 9.17) is 14.2 Å². The number of carbonyl (C=O) groups is 2. The van der Waals surface area contributed by atoms with Crippen LogP contribution in [0.1, 0.15) is 22.8 Å². The largest absolute Gasteiger partial charge is 0.493 e. The van der Waals surface area contributed by atoms with E-state index in [9.17, 15) is 9.59 Å². The summed E-state index contributed by atoms with van der Waals surface area (Å²) in [6.07, 6.45) is 0. The van der Waals surface area contributed by atoms with E-state index in [1.165, 1.54) is 18.9 Å². The van der Waals surface area contributed by atoms with Crippen LogP contribution in [-0.2, 0) is 15.3 Å². The Balaban J connectivity index is 1.95. The van der Waals surface area contributed by atoms with E-state index < -0.39 is 0 Å². The highest BCUT2D eigenvalue weighted by atomic mass is 32.2. The van der Waals surface area contributed by atoms with Crippen LogP contribution in [-0.4, -0.2) is 38.5 Å². The molecule has 0 fully saturated rings. The predicted molar refractivity (Wildman–Crippen MR) is 107 cm³/mol. The molecule has 1 atom stereocenters. The number of esters is 1. The molecule has 0 saturated carbocycles. The van der Waals surface area contributed by atoms with Crippen LogP contribution in [0.2, 0.25) is 0 Å². The van der Waals surface area contributed by atoms with Crippen molar-refractivity contribution in [2.75, 3.05) is 26.6 Å². The highest BCUT2D eigenvalue weighted by Crippen LogP contribution is 2.30. The molecule has 2 aromatic rings. The number of carbonyl (C=O) groups excluding carboxylic acids is 2. The van der Waals surface area contributed by atoms with Crippen molar-refractivity contribution in [2.45, 2.75) is 17.9 Å². The summed E-state index contributed by atoms with van der Waals surface area (Å²) in [5, 5.41) is 2.60. The number of nitrogens with one attached hydrogen (secondary N) is 1. The van der Waals surface area contributed by atoms with E-state index in [1.807, 2.05) is 13.0 Å². The smallest absolute Gasteiger partial charge is 0.337 e. The van der Waals surface area contributed by atoms with Crippen LogP contribution in [0.5, 0.6) is 11.5 Å². The summed E-state index contributed by atoms with van der Waals surface area (Å²) in [5.74, 6) is 1.27. The summed E-state index contributed by atoms with van der Waals surface area (Å²) in [7, 11) is 4.46. The standard InChI is InChI=1S/C20H23NO5S/c1-13(27-12-14-6-5-7-15(10-14)20(23)26-4)19(22)21-16-8-9-17(24-2)18(11-16)25-3/h5-11,13H,12H2,1-4H3,(H,21,22)/t13-/m1/s1. The normalized spacial score (nSPS) is 11.4. The van der Waals surface area contributed by atoms with E-state index in [2.05, 4.69) is 5.32 Å². The van der Waals surface area contributed by atoms with Crippen molar-refractivity contribution in [3.05, 3.63) is 53.6 Å². The van der Waals surface area contributed by atoms with E-state index in [-0.39, 0.29) is 17.1 Å². The number of benzene rings is 2. The molecule has 1 N–H and O–H groups in total. The Hall–Kier alpha value is -2.67. The molecule has 0 spiro atoms. The van der Waals surface area contributed by atoms with E-state index >= 15 is 0 Å². The molecule has 0 saturated heterocycles. The quantitative estimate of drug-likeness (QED) is 0.693. The van der Waals surface area contributed by atoms with Gasteiger partial charge >= 0.3 is 5.97 Å². The number of ether oxygens (including phenoxy) is 3. The minimum absolute atomic E-state index is 0.114. The van der Waals surface area contributed by atoms with Gasteiger partial charge in [0.15, 0.2) is 11.5 Å². The summed E-state index contributed by atoms with van der Waals surface area (Å²) in [6.45, 7) is 1.84. The van der Waals surface area contributed by atoms with Gasteiger partial charge in [-0.15, -0.1) is 11.8 Å². The SMILES string of the molecule is COC(=O)c1cccc(CS[C@H](C)C(=O)Nc2ccc(OC)c(OC)c2)c1. The molecular weight excluding hydrogens is 366 g/mol. The highest BCUT2D eigenvalue weighted by Gasteiger charge is 2.15. The van der Waals surface area contributed by atoms with Crippen LogP contribution in [0.4, 0.5) is 5.69 Å². The summed E-state index contributed by atoms with van der Waals surface area (Å²) in [5.41, 5.74) is 2.09. The number of amides is 1. The molecule has 7 heteroatoms. The van der Waals surface area contributed by atoms with Gasteiger partial charge in [-0.1, -0.05) is 12.1 Å². The van der Waals surface area contributed by atoms with Gasteiger partial charge in [-0.3, -0.25) is 4.79 Å². The van der Waals surface area contributed by atoms with Crippen molar-refractivity contribution in [2.24, 2.45) is 0 Å². The van der Waals surface area contributed by atoms with Gasteiger partial charge in [-0.2, -0.15) is 0 Å². The first-order valence-electron chi connectivity index (χ1n) is 8.30. The maximum absolute atomic E-state index is 12.4. The summed E-state index contributed by atoms with van der Waals surface area (Å²) < 4.78 is 15.2. The van der Waals surface area contributed by atoms with Gasteiger partial charge in [-0.25, -0.2) is 4.79 Å². The Labute approximate surface area is 163 Å². The molecular formula is C20H23NO5S. The number of methoxy groups -OCH3 is 3. The second-order valence-corrected chi connectivity index (χ2v) is 7.03. The third kappa shape index (κ3) is 5.65. The number of anilines is 1. The van der Waals surface area contributed by atoms with Crippen molar-refractivity contribution in [1.82, 2.24) is 0 Å². The fourth-order valence-electron chi connectivity index (χ4n) is 2.36. The van der Waals surface area contributed by atoms with Gasteiger partial charge in [-0.05, 0) is 36.8 Å². The molecule has 2 rings (SSSR count). The number of hydrogen-bond donors (Lipinski definition) is 1. The third-order valence-electron chi connectivity index (χ3n) is 3.87. The topological polar surface area (TPSA) is 73.9 Å². The fraction of sp³-hybridized carbons (Fsp3) is 0.300. The molecule has 144 valence electrons. The molecule has 0 unspecified atom stereocenters. The number of rotatable bonds is 8. The summed E-state index contributed by atoms with van der Waals surface area (Å²) in [4.78, 5) is 24.0. The van der Waals surface area contributed by atoms with Gasteiger partial charge in [0.25, 0.3) is 0 Å². The number of hydrogen-bond acceptors (Lipinski definition) is 6. The van der Waals surface area contributed by atoms with E-state index in [0.29, 0.717) is 28.5 Å². The monoisotopic (exact) mass is 389 g/mol. The Bertz CT molecular complexity index is 809. The van der Waals surface area contributed by atoms with Gasteiger partial charge < -0.3 is 19.5 Å². The van der Waals surface area contributed by atoms with E-state index in [0.717, 1.165) is 5.56 Å². The molecule has 0 aliphatic heterocycles. The summed E-state index contributed by atoms with van der Waals surface area (Å²) in [6, 6.07) is 12.4. The molecule has 6 nitrogen and oxygen atoms in total. The lowest BCUT2D eigenvalue weighted by Crippen LogP contribution is -2.22. The second-order valence-electron chi connectivity index (χ2n) is 5.70. The molecule has 0 aliphatic carbocycles. The lowest BCUT2D eigenvalue weighted by atomic mass is 10.1. The van der Waals surface area contributed by atoms with E-state index in [1.54, 1.807) is 50.6 Å². The maximum Gasteiger partial charge on any atom is 0.337 e.